The molecule has 2 aromatic carbocycles. The summed E-state index contributed by atoms with van der Waals surface area (Å²) in [5.41, 5.74) is 0.816. The van der Waals surface area contributed by atoms with Crippen molar-refractivity contribution in [2.24, 2.45) is 0 Å². The summed E-state index contributed by atoms with van der Waals surface area (Å²) in [5.74, 6) is -1.21. The first-order valence-electron chi connectivity index (χ1n) is 10.2. The molecule has 0 bridgehead atoms. The molecular weight excluding hydrogens is 462 g/mol. The van der Waals surface area contributed by atoms with Gasteiger partial charge in [0.25, 0.3) is 0 Å². The van der Waals surface area contributed by atoms with E-state index >= 15 is 0 Å². The summed E-state index contributed by atoms with van der Waals surface area (Å²) in [6.45, 7) is 4.51. The van der Waals surface area contributed by atoms with Gasteiger partial charge in [0.1, 0.15) is 11.9 Å². The zero-order valence-corrected chi connectivity index (χ0v) is 19.8. The van der Waals surface area contributed by atoms with Crippen molar-refractivity contribution in [1.29, 1.82) is 0 Å². The fraction of sp³-hybridized carbons (Fsp3) is 0.391. The van der Waals surface area contributed by atoms with Crippen molar-refractivity contribution < 1.29 is 14.0 Å². The van der Waals surface area contributed by atoms with Crippen LogP contribution in [0.15, 0.2) is 36.4 Å². The Kier molecular flexibility index (Phi) is 10.1. The van der Waals surface area contributed by atoms with Gasteiger partial charge in [-0.2, -0.15) is 0 Å². The number of benzene rings is 2. The monoisotopic (exact) mass is 486 g/mol. The molecular formula is C23H26Cl3FN2O2. The lowest BCUT2D eigenvalue weighted by molar-refractivity contribution is -0.141. The predicted octanol–water partition coefficient (Wildman–Crippen LogP) is 6.05. The van der Waals surface area contributed by atoms with E-state index in [1.807, 2.05) is 13.8 Å². The van der Waals surface area contributed by atoms with Gasteiger partial charge in [-0.1, -0.05) is 67.2 Å². The van der Waals surface area contributed by atoms with Crippen LogP contribution in [-0.2, 0) is 22.6 Å². The van der Waals surface area contributed by atoms with Crippen molar-refractivity contribution in [2.75, 3.05) is 6.54 Å². The quantitative estimate of drug-likeness (QED) is 0.415. The Hall–Kier alpha value is -1.82. The largest absolute Gasteiger partial charge is 0.354 e. The molecule has 168 valence electrons. The summed E-state index contributed by atoms with van der Waals surface area (Å²) < 4.78 is 14.3. The second-order valence-corrected chi connectivity index (χ2v) is 8.44. The molecule has 2 amide bonds. The molecule has 8 heteroatoms. The molecule has 0 heterocycles. The Labute approximate surface area is 197 Å². The lowest BCUT2D eigenvalue weighted by Crippen LogP contribution is -2.49. The molecule has 0 radical (unpaired) electrons. The third kappa shape index (κ3) is 7.09. The number of nitrogens with one attached hydrogen (secondary N) is 1. The van der Waals surface area contributed by atoms with Gasteiger partial charge in [0.05, 0.1) is 16.5 Å². The van der Waals surface area contributed by atoms with Crippen molar-refractivity contribution in [3.63, 3.8) is 0 Å². The highest BCUT2D eigenvalue weighted by Gasteiger charge is 2.29. The molecule has 0 spiro atoms. The molecule has 0 unspecified atom stereocenters. The summed E-state index contributed by atoms with van der Waals surface area (Å²) in [5, 5.41) is 3.80. The topological polar surface area (TPSA) is 49.4 Å². The van der Waals surface area contributed by atoms with E-state index in [4.69, 9.17) is 34.8 Å². The van der Waals surface area contributed by atoms with Gasteiger partial charge in [-0.05, 0) is 42.7 Å². The first-order valence-corrected chi connectivity index (χ1v) is 11.4. The summed E-state index contributed by atoms with van der Waals surface area (Å²) in [4.78, 5) is 27.6. The Morgan fingerprint density at radius 3 is 2.42 bits per heavy atom. The van der Waals surface area contributed by atoms with Gasteiger partial charge in [-0.3, -0.25) is 9.59 Å². The molecule has 0 aliphatic rings. The molecule has 1 atom stereocenters. The molecule has 0 saturated carbocycles. The standard InChI is InChI=1S/C23H26Cl3FN2O2/c1-3-5-11-28-23(31)21(4-2)29(14-15-9-10-18(25)19(26)12-15)22(30)13-16-17(24)7-6-8-20(16)27/h6-10,12,21H,3-5,11,13-14H2,1-2H3,(H,28,31)/t21-/m0/s1. The van der Waals surface area contributed by atoms with Crippen LogP contribution in [0.3, 0.4) is 0 Å². The Morgan fingerprint density at radius 2 is 1.81 bits per heavy atom. The van der Waals surface area contributed by atoms with Crippen LogP contribution < -0.4 is 5.32 Å². The molecule has 0 aromatic heterocycles. The average Bonchev–Trinajstić information content (AvgIpc) is 2.73. The minimum Gasteiger partial charge on any atom is -0.354 e. The Morgan fingerprint density at radius 1 is 1.06 bits per heavy atom. The molecule has 0 aliphatic carbocycles. The summed E-state index contributed by atoms with van der Waals surface area (Å²) in [6.07, 6.45) is 1.92. The fourth-order valence-corrected chi connectivity index (χ4v) is 3.76. The number of carbonyl (C=O) groups is 2. The first-order chi connectivity index (χ1) is 14.8. The van der Waals surface area contributed by atoms with Crippen LogP contribution in [0.25, 0.3) is 0 Å². The maximum Gasteiger partial charge on any atom is 0.242 e. The average molecular weight is 488 g/mol. The van der Waals surface area contributed by atoms with Crippen molar-refractivity contribution in [3.05, 3.63) is 68.4 Å². The van der Waals surface area contributed by atoms with E-state index in [0.717, 1.165) is 12.8 Å². The third-order valence-corrected chi connectivity index (χ3v) is 6.04. The predicted molar refractivity (Wildman–Crippen MR) is 124 cm³/mol. The molecule has 2 aromatic rings. The highest BCUT2D eigenvalue weighted by atomic mass is 35.5. The van der Waals surface area contributed by atoms with E-state index in [1.54, 1.807) is 18.2 Å². The van der Waals surface area contributed by atoms with Crippen LogP contribution >= 0.6 is 34.8 Å². The maximum absolute atomic E-state index is 14.3. The Balaban J connectivity index is 2.33. The van der Waals surface area contributed by atoms with Crippen molar-refractivity contribution in [3.8, 4) is 0 Å². The molecule has 4 nitrogen and oxygen atoms in total. The first kappa shape index (κ1) is 25.4. The SMILES string of the molecule is CCCCNC(=O)[C@H](CC)N(Cc1ccc(Cl)c(Cl)c1)C(=O)Cc1c(F)cccc1Cl. The number of rotatable bonds is 10. The van der Waals surface area contributed by atoms with Crippen LogP contribution in [0, 0.1) is 5.82 Å². The van der Waals surface area contributed by atoms with E-state index < -0.39 is 17.8 Å². The smallest absolute Gasteiger partial charge is 0.242 e. The van der Waals surface area contributed by atoms with Gasteiger partial charge in [0, 0.05) is 23.7 Å². The van der Waals surface area contributed by atoms with Crippen LogP contribution in [0.4, 0.5) is 4.39 Å². The lowest BCUT2D eigenvalue weighted by Gasteiger charge is -2.31. The summed E-state index contributed by atoms with van der Waals surface area (Å²) in [7, 11) is 0. The second kappa shape index (κ2) is 12.3. The lowest BCUT2D eigenvalue weighted by atomic mass is 10.1. The van der Waals surface area contributed by atoms with Crippen LogP contribution in [0.5, 0.6) is 0 Å². The van der Waals surface area contributed by atoms with Gasteiger partial charge < -0.3 is 10.2 Å². The maximum atomic E-state index is 14.3. The van der Waals surface area contributed by atoms with Crippen LogP contribution in [-0.4, -0.2) is 29.3 Å². The number of amides is 2. The minimum atomic E-state index is -0.718. The molecule has 31 heavy (non-hydrogen) atoms. The van der Waals surface area contributed by atoms with Crippen molar-refractivity contribution in [2.45, 2.75) is 52.1 Å². The van der Waals surface area contributed by atoms with Gasteiger partial charge in [0.2, 0.25) is 11.8 Å². The second-order valence-electron chi connectivity index (χ2n) is 7.22. The van der Waals surface area contributed by atoms with Gasteiger partial charge in [-0.25, -0.2) is 4.39 Å². The molecule has 1 N–H and O–H groups in total. The van der Waals surface area contributed by atoms with E-state index in [0.29, 0.717) is 28.6 Å². The fourth-order valence-electron chi connectivity index (χ4n) is 3.21. The number of hydrogen-bond acceptors (Lipinski definition) is 2. The van der Waals surface area contributed by atoms with E-state index in [9.17, 15) is 14.0 Å². The van der Waals surface area contributed by atoms with Gasteiger partial charge in [0.15, 0.2) is 0 Å². The van der Waals surface area contributed by atoms with E-state index in [2.05, 4.69) is 5.32 Å². The third-order valence-electron chi connectivity index (χ3n) is 4.94. The van der Waals surface area contributed by atoms with Crippen molar-refractivity contribution >= 4 is 46.6 Å². The number of carbonyl (C=O) groups excluding carboxylic acids is 2. The van der Waals surface area contributed by atoms with Crippen molar-refractivity contribution in [1.82, 2.24) is 10.2 Å². The van der Waals surface area contributed by atoms with E-state index in [1.165, 1.54) is 23.1 Å². The Bertz CT molecular complexity index is 903. The molecule has 0 aliphatic heterocycles. The summed E-state index contributed by atoms with van der Waals surface area (Å²) >= 11 is 18.2. The number of hydrogen-bond donors (Lipinski definition) is 1. The number of unbranched alkanes of at least 4 members (excludes halogenated alkanes) is 1. The van der Waals surface area contributed by atoms with Crippen LogP contribution in [0.2, 0.25) is 15.1 Å². The number of nitrogens with zero attached hydrogens (tertiary/aromatic N) is 1. The van der Waals surface area contributed by atoms with Gasteiger partial charge >= 0.3 is 0 Å². The van der Waals surface area contributed by atoms with E-state index in [-0.39, 0.29) is 29.5 Å². The minimum absolute atomic E-state index is 0.106. The molecule has 0 fully saturated rings. The highest BCUT2D eigenvalue weighted by molar-refractivity contribution is 6.42. The molecule has 2 rings (SSSR count). The zero-order valence-electron chi connectivity index (χ0n) is 17.6. The zero-order chi connectivity index (χ0) is 23.0. The normalized spacial score (nSPS) is 11.8. The van der Waals surface area contributed by atoms with Crippen LogP contribution in [0.1, 0.15) is 44.2 Å². The number of halogens is 4. The van der Waals surface area contributed by atoms with Gasteiger partial charge in [-0.15, -0.1) is 0 Å². The summed E-state index contributed by atoms with van der Waals surface area (Å²) in [6, 6.07) is 8.59. The highest BCUT2D eigenvalue weighted by Crippen LogP contribution is 2.25. The molecule has 0 saturated heterocycles.